The summed E-state index contributed by atoms with van der Waals surface area (Å²) in [4.78, 5) is 20.5. The number of benzene rings is 2. The Bertz CT molecular complexity index is 1390. The van der Waals surface area contributed by atoms with Crippen LogP contribution in [0, 0.1) is 0 Å². The summed E-state index contributed by atoms with van der Waals surface area (Å²) in [6, 6.07) is 13.7. The van der Waals surface area contributed by atoms with Crippen molar-refractivity contribution in [2.75, 3.05) is 5.32 Å². The Morgan fingerprint density at radius 3 is 2.66 bits per heavy atom. The number of aromatic nitrogens is 2. The largest absolute Gasteiger partial charge is 0.476 e. The molecule has 1 atom stereocenters. The van der Waals surface area contributed by atoms with E-state index in [-0.39, 0.29) is 10.1 Å². The van der Waals surface area contributed by atoms with Crippen LogP contribution in [0.25, 0.3) is 10.9 Å². The van der Waals surface area contributed by atoms with Crippen molar-refractivity contribution in [3.8, 4) is 5.75 Å². The van der Waals surface area contributed by atoms with E-state index in [1.165, 1.54) is 18.3 Å². The van der Waals surface area contributed by atoms with Gasteiger partial charge >= 0.3 is 0 Å². The number of hydrogen-bond acceptors (Lipinski definition) is 6. The summed E-state index contributed by atoms with van der Waals surface area (Å²) in [5.41, 5.74) is 1.47. The number of fused-ring (bicyclic) bond motifs is 1. The summed E-state index contributed by atoms with van der Waals surface area (Å²) in [6.45, 7) is 0. The number of carbonyl (C=O) groups excluding carboxylic acids is 1. The van der Waals surface area contributed by atoms with Gasteiger partial charge in [0.1, 0.15) is 10.1 Å². The third kappa shape index (κ3) is 4.23. The average Bonchev–Trinajstić information content (AvgIpc) is 3.42. The predicted octanol–water partition coefficient (Wildman–Crippen LogP) is 4.97. The lowest BCUT2D eigenvalue weighted by Crippen LogP contribution is -2.25. The van der Waals surface area contributed by atoms with E-state index >= 15 is 0 Å². The highest BCUT2D eigenvalue weighted by atomic mass is 35.5. The molecule has 1 saturated carbocycles. The van der Waals surface area contributed by atoms with Crippen LogP contribution in [0.4, 0.5) is 5.13 Å². The second-order valence-electron chi connectivity index (χ2n) is 7.50. The Morgan fingerprint density at radius 2 is 1.97 bits per heavy atom. The van der Waals surface area contributed by atoms with Crippen LogP contribution in [-0.2, 0) is 14.6 Å². The third-order valence-electron chi connectivity index (χ3n) is 5.20. The third-order valence-corrected chi connectivity index (χ3v) is 8.51. The van der Waals surface area contributed by atoms with Gasteiger partial charge < -0.3 is 9.72 Å². The maximum Gasteiger partial charge on any atom is 0.271 e. The minimum Gasteiger partial charge on any atom is -0.476 e. The molecular weight excluding hydrogens is 470 g/mol. The summed E-state index contributed by atoms with van der Waals surface area (Å²) in [7, 11) is -3.32. The van der Waals surface area contributed by atoms with Crippen LogP contribution in [-0.4, -0.2) is 29.5 Å². The molecule has 2 aromatic carbocycles. The molecule has 0 aliphatic heterocycles. The Kier molecular flexibility index (Phi) is 5.40. The number of anilines is 1. The number of rotatable bonds is 7. The zero-order valence-electron chi connectivity index (χ0n) is 16.6. The van der Waals surface area contributed by atoms with E-state index in [1.54, 1.807) is 18.2 Å². The van der Waals surface area contributed by atoms with E-state index in [4.69, 9.17) is 16.3 Å². The van der Waals surface area contributed by atoms with E-state index in [0.717, 1.165) is 22.2 Å². The predicted molar refractivity (Wildman–Crippen MR) is 124 cm³/mol. The number of ether oxygens (including phenoxy) is 1. The second-order valence-corrected chi connectivity index (χ2v) is 11.4. The van der Waals surface area contributed by atoms with Crippen LogP contribution in [0.1, 0.15) is 24.5 Å². The Balaban J connectivity index is 1.45. The number of halogens is 1. The topological polar surface area (TPSA) is 101 Å². The maximum atomic E-state index is 13.1. The fourth-order valence-electron chi connectivity index (χ4n) is 3.40. The standard InChI is InChI=1S/C22H18ClN3O4S2/c23-19-12-25-22(31-19)26-21(27)20(30-15-3-8-18-14(11-15)9-10-24-18)13-1-4-16(5-2-13)32(28,29)17-6-7-17/h1-5,8-12,17,20,24H,6-7H2,(H,25,26,27). The lowest BCUT2D eigenvalue weighted by molar-refractivity contribution is -0.123. The highest BCUT2D eigenvalue weighted by molar-refractivity contribution is 7.92. The molecule has 10 heteroatoms. The van der Waals surface area contributed by atoms with Crippen molar-refractivity contribution < 1.29 is 17.9 Å². The van der Waals surface area contributed by atoms with Gasteiger partial charge in [0.05, 0.1) is 16.3 Å². The number of thiazole rings is 1. The first kappa shape index (κ1) is 21.0. The summed E-state index contributed by atoms with van der Waals surface area (Å²) in [5, 5.41) is 3.72. The van der Waals surface area contributed by atoms with Crippen LogP contribution in [0.2, 0.25) is 4.34 Å². The van der Waals surface area contributed by atoms with Gasteiger partial charge in [-0.3, -0.25) is 10.1 Å². The van der Waals surface area contributed by atoms with E-state index in [9.17, 15) is 13.2 Å². The zero-order valence-corrected chi connectivity index (χ0v) is 19.0. The van der Waals surface area contributed by atoms with Gasteiger partial charge in [-0.25, -0.2) is 13.4 Å². The van der Waals surface area contributed by atoms with Crippen LogP contribution in [0.5, 0.6) is 5.75 Å². The maximum absolute atomic E-state index is 13.1. The van der Waals surface area contributed by atoms with Crippen LogP contribution in [0.15, 0.2) is 65.8 Å². The molecule has 2 N–H and O–H groups in total. The minimum absolute atomic E-state index is 0.253. The van der Waals surface area contributed by atoms with Gasteiger partial charge in [-0.2, -0.15) is 0 Å². The number of amides is 1. The molecule has 0 saturated heterocycles. The minimum atomic E-state index is -3.32. The molecule has 1 aliphatic carbocycles. The molecule has 0 spiro atoms. The smallest absolute Gasteiger partial charge is 0.271 e. The van der Waals surface area contributed by atoms with Gasteiger partial charge in [0.25, 0.3) is 5.91 Å². The Hall–Kier alpha value is -2.88. The number of carbonyl (C=O) groups is 1. The molecule has 7 nitrogen and oxygen atoms in total. The molecule has 2 heterocycles. The molecule has 1 fully saturated rings. The highest BCUT2D eigenvalue weighted by Crippen LogP contribution is 2.34. The first-order valence-corrected chi connectivity index (χ1v) is 12.6. The summed E-state index contributed by atoms with van der Waals surface area (Å²) in [5.74, 6) is 0.0621. The molecular formula is C22H18ClN3O4S2. The number of sulfone groups is 1. The van der Waals surface area contributed by atoms with Crippen molar-refractivity contribution in [1.29, 1.82) is 0 Å². The lowest BCUT2D eigenvalue weighted by Gasteiger charge is -2.19. The SMILES string of the molecule is O=C(Nc1ncc(Cl)s1)C(Oc1ccc2[nH]ccc2c1)c1ccc(S(=O)(=O)C2CC2)cc1. The van der Waals surface area contributed by atoms with Gasteiger partial charge in [0, 0.05) is 22.7 Å². The summed E-state index contributed by atoms with van der Waals surface area (Å²) >= 11 is 7.06. The van der Waals surface area contributed by atoms with E-state index < -0.39 is 21.8 Å². The average molecular weight is 488 g/mol. The molecule has 1 amide bonds. The number of H-pyrrole nitrogens is 1. The monoisotopic (exact) mass is 487 g/mol. The molecule has 4 aromatic rings. The van der Waals surface area contributed by atoms with Crippen molar-refractivity contribution in [2.24, 2.45) is 0 Å². The van der Waals surface area contributed by atoms with Crippen molar-refractivity contribution >= 4 is 54.7 Å². The Morgan fingerprint density at radius 1 is 1.19 bits per heavy atom. The van der Waals surface area contributed by atoms with Crippen molar-refractivity contribution in [3.05, 3.63) is 70.8 Å². The second kappa shape index (κ2) is 8.23. The molecule has 1 unspecified atom stereocenters. The van der Waals surface area contributed by atoms with E-state index in [0.29, 0.717) is 33.6 Å². The molecule has 32 heavy (non-hydrogen) atoms. The lowest BCUT2D eigenvalue weighted by atomic mass is 10.1. The first-order valence-electron chi connectivity index (χ1n) is 9.90. The summed E-state index contributed by atoms with van der Waals surface area (Å²) in [6.07, 6.45) is 3.64. The van der Waals surface area contributed by atoms with Gasteiger partial charge in [-0.15, -0.1) is 0 Å². The van der Waals surface area contributed by atoms with Crippen LogP contribution >= 0.6 is 22.9 Å². The fraction of sp³-hybridized carbons (Fsp3) is 0.182. The first-order chi connectivity index (χ1) is 15.4. The van der Waals surface area contributed by atoms with Gasteiger partial charge in [-0.1, -0.05) is 35.1 Å². The van der Waals surface area contributed by atoms with Crippen LogP contribution < -0.4 is 10.1 Å². The van der Waals surface area contributed by atoms with Gasteiger partial charge in [0.2, 0.25) is 6.10 Å². The number of nitrogens with one attached hydrogen (secondary N) is 2. The van der Waals surface area contributed by atoms with Crippen molar-refractivity contribution in [2.45, 2.75) is 29.1 Å². The summed E-state index contributed by atoms with van der Waals surface area (Å²) < 4.78 is 31.5. The van der Waals surface area contributed by atoms with E-state index in [2.05, 4.69) is 15.3 Å². The van der Waals surface area contributed by atoms with E-state index in [1.807, 2.05) is 24.4 Å². The van der Waals surface area contributed by atoms with Gasteiger partial charge in [-0.05, 0) is 49.2 Å². The van der Waals surface area contributed by atoms with Crippen molar-refractivity contribution in [3.63, 3.8) is 0 Å². The van der Waals surface area contributed by atoms with Crippen LogP contribution in [0.3, 0.4) is 0 Å². The van der Waals surface area contributed by atoms with Gasteiger partial charge in [0.15, 0.2) is 15.0 Å². The molecule has 1 aliphatic rings. The molecule has 0 bridgehead atoms. The highest BCUT2D eigenvalue weighted by Gasteiger charge is 2.37. The van der Waals surface area contributed by atoms with Crippen molar-refractivity contribution in [1.82, 2.24) is 9.97 Å². The number of aromatic amines is 1. The molecule has 0 radical (unpaired) electrons. The number of nitrogens with zero attached hydrogens (tertiary/aromatic N) is 1. The molecule has 164 valence electrons. The fourth-order valence-corrected chi connectivity index (χ4v) is 5.87. The molecule has 2 aromatic heterocycles. The zero-order chi connectivity index (χ0) is 22.3. The normalized spacial score (nSPS) is 14.9. The Labute approximate surface area is 193 Å². The number of hydrogen-bond donors (Lipinski definition) is 2. The quantitative estimate of drug-likeness (QED) is 0.383. The molecule has 5 rings (SSSR count).